The van der Waals surface area contributed by atoms with Crippen molar-refractivity contribution in [2.24, 2.45) is 5.73 Å². The SMILES string of the molecule is CC(O)C(=O)ONC(N)=O. The van der Waals surface area contributed by atoms with E-state index in [1.165, 1.54) is 6.92 Å². The average molecular weight is 148 g/mol. The minimum Gasteiger partial charge on any atom is -0.382 e. The monoisotopic (exact) mass is 148 g/mol. The second-order valence-electron chi connectivity index (χ2n) is 1.56. The van der Waals surface area contributed by atoms with E-state index < -0.39 is 18.1 Å². The van der Waals surface area contributed by atoms with Crippen LogP contribution in [0.3, 0.4) is 0 Å². The van der Waals surface area contributed by atoms with Crippen LogP contribution in [0.1, 0.15) is 6.92 Å². The summed E-state index contributed by atoms with van der Waals surface area (Å²) in [5, 5.41) is 8.47. The molecular formula is C4H8N2O4. The number of aliphatic hydroxyl groups excluding tert-OH is 1. The van der Waals surface area contributed by atoms with Crippen molar-refractivity contribution in [3.05, 3.63) is 0 Å². The molecule has 10 heavy (non-hydrogen) atoms. The third-order valence-electron chi connectivity index (χ3n) is 0.593. The molecule has 0 aromatic rings. The van der Waals surface area contributed by atoms with Crippen molar-refractivity contribution in [2.45, 2.75) is 13.0 Å². The first-order valence-electron chi connectivity index (χ1n) is 2.48. The van der Waals surface area contributed by atoms with Crippen LogP contribution >= 0.6 is 0 Å². The Bertz CT molecular complexity index is 144. The topological polar surface area (TPSA) is 102 Å². The first-order chi connectivity index (χ1) is 4.54. The van der Waals surface area contributed by atoms with Gasteiger partial charge in [0, 0.05) is 0 Å². The number of hydrogen-bond donors (Lipinski definition) is 3. The zero-order chi connectivity index (χ0) is 8.15. The molecule has 0 aliphatic heterocycles. The molecule has 0 bridgehead atoms. The third kappa shape index (κ3) is 3.67. The molecule has 1 unspecified atom stereocenters. The predicted molar refractivity (Wildman–Crippen MR) is 30.5 cm³/mol. The maximum atomic E-state index is 10.3. The van der Waals surface area contributed by atoms with Crippen LogP contribution in [0, 0.1) is 0 Å². The zero-order valence-electron chi connectivity index (χ0n) is 5.33. The summed E-state index contributed by atoms with van der Waals surface area (Å²) in [6.07, 6.45) is -1.27. The molecule has 0 aromatic carbocycles. The van der Waals surface area contributed by atoms with Gasteiger partial charge in [0.25, 0.3) is 0 Å². The predicted octanol–water partition coefficient (Wildman–Crippen LogP) is -1.51. The number of amides is 2. The summed E-state index contributed by atoms with van der Waals surface area (Å²) in [5.74, 6) is -0.959. The number of hydrogen-bond acceptors (Lipinski definition) is 4. The average Bonchev–Trinajstić information content (AvgIpc) is 1.82. The van der Waals surface area contributed by atoms with Gasteiger partial charge in [-0.2, -0.15) is 5.48 Å². The molecule has 0 spiro atoms. The van der Waals surface area contributed by atoms with Gasteiger partial charge in [0.2, 0.25) is 0 Å². The summed E-state index contributed by atoms with van der Waals surface area (Å²) in [6, 6.07) is -0.992. The molecule has 0 aliphatic carbocycles. The van der Waals surface area contributed by atoms with Crippen molar-refractivity contribution in [2.75, 3.05) is 0 Å². The van der Waals surface area contributed by atoms with Crippen LogP contribution in [0.25, 0.3) is 0 Å². The normalized spacial score (nSPS) is 11.8. The van der Waals surface area contributed by atoms with Gasteiger partial charge in [-0.1, -0.05) is 0 Å². The highest BCUT2D eigenvalue weighted by Gasteiger charge is 2.10. The fraction of sp³-hybridized carbons (Fsp3) is 0.500. The van der Waals surface area contributed by atoms with E-state index in [1.54, 1.807) is 5.48 Å². The largest absolute Gasteiger partial charge is 0.382 e. The molecule has 0 saturated heterocycles. The highest BCUT2D eigenvalue weighted by atomic mass is 16.7. The molecule has 0 radical (unpaired) electrons. The van der Waals surface area contributed by atoms with Gasteiger partial charge in [0.1, 0.15) is 0 Å². The molecule has 2 amide bonds. The first kappa shape index (κ1) is 8.70. The van der Waals surface area contributed by atoms with Gasteiger partial charge in [-0.05, 0) is 6.92 Å². The number of nitrogens with two attached hydrogens (primary N) is 1. The second-order valence-corrected chi connectivity index (χ2v) is 1.56. The Balaban J connectivity index is 3.50. The summed E-state index contributed by atoms with van der Waals surface area (Å²) >= 11 is 0. The third-order valence-corrected chi connectivity index (χ3v) is 0.593. The van der Waals surface area contributed by atoms with E-state index in [2.05, 4.69) is 10.6 Å². The minimum absolute atomic E-state index is 0.959. The van der Waals surface area contributed by atoms with Crippen LogP contribution in [0.15, 0.2) is 0 Å². The van der Waals surface area contributed by atoms with Crippen LogP contribution in [-0.2, 0) is 9.63 Å². The van der Waals surface area contributed by atoms with Gasteiger partial charge >= 0.3 is 12.0 Å². The van der Waals surface area contributed by atoms with E-state index in [0.717, 1.165) is 0 Å². The summed E-state index contributed by atoms with van der Waals surface area (Å²) in [4.78, 5) is 24.1. The molecule has 0 aromatic heterocycles. The summed E-state index contributed by atoms with van der Waals surface area (Å²) in [6.45, 7) is 1.20. The Kier molecular flexibility index (Phi) is 3.20. The van der Waals surface area contributed by atoms with Gasteiger partial charge in [-0.15, -0.1) is 0 Å². The van der Waals surface area contributed by atoms with Crippen LogP contribution < -0.4 is 11.2 Å². The number of aliphatic hydroxyl groups is 1. The Hall–Kier alpha value is -1.30. The van der Waals surface area contributed by atoms with Gasteiger partial charge in [0.15, 0.2) is 6.10 Å². The Morgan fingerprint density at radius 2 is 2.20 bits per heavy atom. The second kappa shape index (κ2) is 3.67. The zero-order valence-corrected chi connectivity index (χ0v) is 5.33. The molecule has 6 heteroatoms. The van der Waals surface area contributed by atoms with E-state index in [1.807, 2.05) is 0 Å². The number of carbonyl (C=O) groups is 2. The quantitative estimate of drug-likeness (QED) is 0.393. The fourth-order valence-electron chi connectivity index (χ4n) is 0.186. The first-order valence-corrected chi connectivity index (χ1v) is 2.48. The van der Waals surface area contributed by atoms with E-state index in [0.29, 0.717) is 0 Å². The molecule has 0 saturated carbocycles. The lowest BCUT2D eigenvalue weighted by Crippen LogP contribution is -2.35. The summed E-state index contributed by atoms with van der Waals surface area (Å²) in [7, 11) is 0. The van der Waals surface area contributed by atoms with Crippen LogP contribution in [0.2, 0.25) is 0 Å². The van der Waals surface area contributed by atoms with Gasteiger partial charge in [-0.25, -0.2) is 9.59 Å². The van der Waals surface area contributed by atoms with Crippen molar-refractivity contribution in [3.63, 3.8) is 0 Å². The molecule has 6 nitrogen and oxygen atoms in total. The molecule has 0 heterocycles. The Labute approximate surface area is 56.9 Å². The van der Waals surface area contributed by atoms with E-state index >= 15 is 0 Å². The maximum Gasteiger partial charge on any atom is 0.360 e. The lowest BCUT2D eigenvalue weighted by Gasteiger charge is -2.03. The molecule has 0 aliphatic rings. The highest BCUT2D eigenvalue weighted by Crippen LogP contribution is 1.81. The van der Waals surface area contributed by atoms with Crippen molar-refractivity contribution >= 4 is 12.0 Å². The van der Waals surface area contributed by atoms with Crippen molar-refractivity contribution in [3.8, 4) is 0 Å². The van der Waals surface area contributed by atoms with Gasteiger partial charge in [0.05, 0.1) is 0 Å². The lowest BCUT2D eigenvalue weighted by molar-refractivity contribution is -0.157. The molecule has 58 valence electrons. The molecule has 0 fully saturated rings. The van der Waals surface area contributed by atoms with Gasteiger partial charge in [-0.3, -0.25) is 0 Å². The number of rotatable bonds is 1. The molecule has 0 rings (SSSR count). The van der Waals surface area contributed by atoms with Crippen LogP contribution in [0.4, 0.5) is 4.79 Å². The summed E-state index contributed by atoms with van der Waals surface area (Å²) < 4.78 is 0. The standard InChI is InChI=1S/C4H8N2O4/c1-2(7)3(8)10-6-4(5)9/h2,7H,1H3,(H3,5,6,9). The lowest BCUT2D eigenvalue weighted by atomic mass is 10.4. The van der Waals surface area contributed by atoms with Crippen LogP contribution in [0.5, 0.6) is 0 Å². The van der Waals surface area contributed by atoms with Crippen molar-refractivity contribution in [1.29, 1.82) is 0 Å². The number of carbonyl (C=O) groups excluding carboxylic acids is 2. The highest BCUT2D eigenvalue weighted by molar-refractivity contribution is 5.77. The smallest absolute Gasteiger partial charge is 0.360 e. The number of hydroxylamine groups is 1. The van der Waals surface area contributed by atoms with E-state index in [4.69, 9.17) is 5.11 Å². The summed E-state index contributed by atoms with van der Waals surface area (Å²) in [5.41, 5.74) is 6.09. The molecule has 4 N–H and O–H groups in total. The van der Waals surface area contributed by atoms with Crippen molar-refractivity contribution in [1.82, 2.24) is 5.48 Å². The number of nitrogens with one attached hydrogen (secondary N) is 1. The van der Waals surface area contributed by atoms with E-state index in [9.17, 15) is 9.59 Å². The van der Waals surface area contributed by atoms with Crippen LogP contribution in [-0.4, -0.2) is 23.2 Å². The Morgan fingerprint density at radius 1 is 1.70 bits per heavy atom. The number of urea groups is 1. The Morgan fingerprint density at radius 3 is 2.50 bits per heavy atom. The molecular weight excluding hydrogens is 140 g/mol. The van der Waals surface area contributed by atoms with Gasteiger partial charge < -0.3 is 15.7 Å². The fourth-order valence-corrected chi connectivity index (χ4v) is 0.186. The number of primary amides is 1. The minimum atomic E-state index is -1.27. The molecule has 1 atom stereocenters. The maximum absolute atomic E-state index is 10.3. The van der Waals surface area contributed by atoms with E-state index in [-0.39, 0.29) is 0 Å². The van der Waals surface area contributed by atoms with Crippen molar-refractivity contribution < 1.29 is 19.5 Å².